The molecule has 2 N–H and O–H groups in total. The second kappa shape index (κ2) is 8.54. The lowest BCUT2D eigenvalue weighted by Gasteiger charge is -2.41. The summed E-state index contributed by atoms with van der Waals surface area (Å²) < 4.78 is 73.3. The Balaban J connectivity index is 1.51. The number of benzene rings is 1. The minimum absolute atomic E-state index is 0.0684. The van der Waals surface area contributed by atoms with Crippen LogP contribution in [-0.4, -0.2) is 33.5 Å². The van der Waals surface area contributed by atoms with Gasteiger partial charge in [0.1, 0.15) is 23.3 Å². The number of fused-ring (bicyclic) bond motifs is 1. The largest absolute Gasteiger partial charge is 0.370 e. The maximum absolute atomic E-state index is 14.5. The molecule has 1 aliphatic carbocycles. The Hall–Kier alpha value is -3.08. The fraction of sp³-hybridized carbons (Fsp3) is 0.458. The second-order valence-corrected chi connectivity index (χ2v) is 9.28. The lowest BCUT2D eigenvalue weighted by atomic mass is 9.85. The van der Waals surface area contributed by atoms with Crippen molar-refractivity contribution in [3.8, 4) is 0 Å². The number of hydrogen-bond acceptors (Lipinski definition) is 6. The molecule has 0 bridgehead atoms. The van der Waals surface area contributed by atoms with E-state index >= 15 is 0 Å². The van der Waals surface area contributed by atoms with E-state index in [0.29, 0.717) is 40.7 Å². The molecule has 1 saturated carbocycles. The Kier molecular flexibility index (Phi) is 5.77. The molecule has 186 valence electrons. The summed E-state index contributed by atoms with van der Waals surface area (Å²) in [5.74, 6) is -2.48. The van der Waals surface area contributed by atoms with Gasteiger partial charge in [-0.3, -0.25) is 0 Å². The fourth-order valence-corrected chi connectivity index (χ4v) is 4.47. The molecule has 3 heterocycles. The number of halogens is 5. The van der Waals surface area contributed by atoms with E-state index in [0.717, 1.165) is 12.5 Å². The lowest BCUT2D eigenvalue weighted by Crippen LogP contribution is -2.45. The van der Waals surface area contributed by atoms with Crippen molar-refractivity contribution >= 4 is 22.7 Å². The highest BCUT2D eigenvalue weighted by atomic mass is 19.3. The van der Waals surface area contributed by atoms with E-state index in [1.165, 1.54) is 12.1 Å². The molecule has 0 spiro atoms. The van der Waals surface area contributed by atoms with Gasteiger partial charge < -0.3 is 15.4 Å². The van der Waals surface area contributed by atoms with E-state index in [1.54, 1.807) is 13.0 Å². The van der Waals surface area contributed by atoms with Crippen LogP contribution in [0.25, 0.3) is 11.0 Å². The van der Waals surface area contributed by atoms with Crippen LogP contribution in [0.4, 0.5) is 33.6 Å². The molecule has 1 atom stereocenters. The zero-order valence-electron chi connectivity index (χ0n) is 19.1. The number of nitrogens with zero attached hydrogens (tertiary/aromatic N) is 3. The SMILES string of the molecule is Cc1nc(NCc2cccc(C(F)F)c2F)c2cc(C3(C)CCO3)c(NC3CC(F)(F)C3)nc2n1. The van der Waals surface area contributed by atoms with Crippen LogP contribution in [0.15, 0.2) is 24.3 Å². The Morgan fingerprint density at radius 3 is 2.51 bits per heavy atom. The molecule has 11 heteroatoms. The van der Waals surface area contributed by atoms with Crippen molar-refractivity contribution in [3.05, 3.63) is 52.6 Å². The first-order valence-electron chi connectivity index (χ1n) is 11.3. The molecule has 3 aromatic rings. The third-order valence-corrected chi connectivity index (χ3v) is 6.59. The minimum Gasteiger partial charge on any atom is -0.370 e. The molecule has 2 aromatic heterocycles. The highest BCUT2D eigenvalue weighted by Crippen LogP contribution is 2.44. The fourth-order valence-electron chi connectivity index (χ4n) is 4.47. The van der Waals surface area contributed by atoms with Gasteiger partial charge >= 0.3 is 0 Å². The molecular formula is C24H24F5N5O. The van der Waals surface area contributed by atoms with Crippen LogP contribution in [0, 0.1) is 12.7 Å². The normalized spacial score (nSPS) is 21.6. The molecule has 35 heavy (non-hydrogen) atoms. The van der Waals surface area contributed by atoms with E-state index in [9.17, 15) is 22.0 Å². The first-order valence-corrected chi connectivity index (χ1v) is 11.3. The maximum atomic E-state index is 14.5. The van der Waals surface area contributed by atoms with E-state index in [2.05, 4.69) is 25.6 Å². The number of alkyl halides is 4. The predicted octanol–water partition coefficient (Wildman–Crippen LogP) is 5.87. The average molecular weight is 493 g/mol. The number of nitrogens with one attached hydrogen (secondary N) is 2. The van der Waals surface area contributed by atoms with Gasteiger partial charge in [0, 0.05) is 43.0 Å². The third-order valence-electron chi connectivity index (χ3n) is 6.59. The number of aryl methyl sites for hydroxylation is 1. The van der Waals surface area contributed by atoms with Gasteiger partial charge in [-0.15, -0.1) is 0 Å². The molecule has 2 fully saturated rings. The maximum Gasteiger partial charge on any atom is 0.266 e. The van der Waals surface area contributed by atoms with E-state index < -0.39 is 35.4 Å². The Morgan fingerprint density at radius 2 is 1.89 bits per heavy atom. The first-order chi connectivity index (χ1) is 16.5. The van der Waals surface area contributed by atoms with Gasteiger partial charge in [0.2, 0.25) is 0 Å². The lowest BCUT2D eigenvalue weighted by molar-refractivity contribution is -0.140. The zero-order valence-corrected chi connectivity index (χ0v) is 19.1. The van der Waals surface area contributed by atoms with Gasteiger partial charge in [0.05, 0.1) is 23.2 Å². The summed E-state index contributed by atoms with van der Waals surface area (Å²) in [4.78, 5) is 13.4. The van der Waals surface area contributed by atoms with Crippen LogP contribution in [0.3, 0.4) is 0 Å². The van der Waals surface area contributed by atoms with E-state index in [1.807, 2.05) is 6.92 Å². The smallest absolute Gasteiger partial charge is 0.266 e. The predicted molar refractivity (Wildman–Crippen MR) is 120 cm³/mol. The van der Waals surface area contributed by atoms with Gasteiger partial charge in [0.15, 0.2) is 5.65 Å². The topological polar surface area (TPSA) is 72.0 Å². The van der Waals surface area contributed by atoms with Gasteiger partial charge in [-0.05, 0) is 19.9 Å². The summed E-state index contributed by atoms with van der Waals surface area (Å²) in [6.07, 6.45) is -2.75. The zero-order chi connectivity index (χ0) is 25.0. The molecule has 1 saturated heterocycles. The van der Waals surface area contributed by atoms with Crippen LogP contribution in [0.5, 0.6) is 0 Å². The summed E-state index contributed by atoms with van der Waals surface area (Å²) in [6.45, 7) is 4.03. The Bertz CT molecular complexity index is 1270. The van der Waals surface area contributed by atoms with Crippen molar-refractivity contribution in [1.29, 1.82) is 0 Å². The van der Waals surface area contributed by atoms with Crippen LogP contribution < -0.4 is 10.6 Å². The quantitative estimate of drug-likeness (QED) is 0.402. The summed E-state index contributed by atoms with van der Waals surface area (Å²) >= 11 is 0. The molecular weight excluding hydrogens is 469 g/mol. The van der Waals surface area contributed by atoms with Gasteiger partial charge in [-0.2, -0.15) is 0 Å². The molecule has 1 aromatic carbocycles. The standard InChI is InChI=1S/C24H24F5N5O/c1-12-31-20(30-11-13-4-3-5-15(18(13)25)19(26)27)16-8-17(23(2)6-7-35-23)22(34-21(16)32-12)33-14-9-24(28,29)10-14/h3-5,8,14,19H,6-7,9-11H2,1-2H3,(H2,30,31,32,33,34). The number of pyridine rings is 1. The van der Waals surface area contributed by atoms with Crippen LogP contribution in [0.1, 0.15) is 55.1 Å². The van der Waals surface area contributed by atoms with Crippen molar-refractivity contribution in [2.24, 2.45) is 0 Å². The van der Waals surface area contributed by atoms with E-state index in [-0.39, 0.29) is 24.9 Å². The Morgan fingerprint density at radius 1 is 1.14 bits per heavy atom. The molecule has 6 nitrogen and oxygen atoms in total. The molecule has 1 unspecified atom stereocenters. The average Bonchev–Trinajstić information content (AvgIpc) is 2.74. The monoisotopic (exact) mass is 493 g/mol. The summed E-state index contributed by atoms with van der Waals surface area (Å²) in [6, 6.07) is 5.24. The first kappa shape index (κ1) is 23.7. The van der Waals surface area contributed by atoms with Crippen LogP contribution in [-0.2, 0) is 16.9 Å². The van der Waals surface area contributed by atoms with E-state index in [4.69, 9.17) is 4.74 Å². The summed E-state index contributed by atoms with van der Waals surface area (Å²) in [5.41, 5.74) is -0.242. The molecule has 5 rings (SSSR count). The number of rotatable bonds is 7. The van der Waals surface area contributed by atoms with Crippen molar-refractivity contribution in [2.75, 3.05) is 17.2 Å². The summed E-state index contributed by atoms with van der Waals surface area (Å²) in [7, 11) is 0. The molecule has 1 aliphatic heterocycles. The highest BCUT2D eigenvalue weighted by molar-refractivity contribution is 5.89. The molecule has 0 amide bonds. The number of ether oxygens (including phenoxy) is 1. The highest BCUT2D eigenvalue weighted by Gasteiger charge is 2.46. The number of anilines is 2. The van der Waals surface area contributed by atoms with Crippen LogP contribution in [0.2, 0.25) is 0 Å². The minimum atomic E-state index is -2.92. The van der Waals surface area contributed by atoms with Gasteiger partial charge in [-0.1, -0.05) is 18.2 Å². The number of aromatic nitrogens is 3. The second-order valence-electron chi connectivity index (χ2n) is 9.28. The number of hydrogen-bond donors (Lipinski definition) is 2. The van der Waals surface area contributed by atoms with Crippen molar-refractivity contribution in [1.82, 2.24) is 15.0 Å². The van der Waals surface area contributed by atoms with Crippen molar-refractivity contribution in [2.45, 2.75) is 63.6 Å². The summed E-state index contributed by atoms with van der Waals surface area (Å²) in [5, 5.41) is 6.67. The molecule has 2 aliphatic rings. The molecule has 0 radical (unpaired) electrons. The van der Waals surface area contributed by atoms with Gasteiger partial charge in [-0.25, -0.2) is 36.9 Å². The van der Waals surface area contributed by atoms with Crippen LogP contribution >= 0.6 is 0 Å². The van der Waals surface area contributed by atoms with Gasteiger partial charge in [0.25, 0.3) is 12.3 Å². The third kappa shape index (κ3) is 4.49. The Labute approximate surface area is 198 Å². The van der Waals surface area contributed by atoms with Crippen molar-refractivity contribution < 1.29 is 26.7 Å². The van der Waals surface area contributed by atoms with Crippen molar-refractivity contribution in [3.63, 3.8) is 0 Å².